The summed E-state index contributed by atoms with van der Waals surface area (Å²) < 4.78 is 5.38. The molecule has 6 heteroatoms. The van der Waals surface area contributed by atoms with Crippen LogP contribution in [0.25, 0.3) is 17.0 Å². The molecule has 3 aromatic rings. The van der Waals surface area contributed by atoms with Gasteiger partial charge >= 0.3 is 0 Å². The van der Waals surface area contributed by atoms with Gasteiger partial charge in [-0.2, -0.15) is 0 Å². The Hall–Kier alpha value is -3.54. The number of nitrogens with zero attached hydrogens (tertiary/aromatic N) is 1. The summed E-state index contributed by atoms with van der Waals surface area (Å²) in [7, 11) is 1.63. The second-order valence-electron chi connectivity index (χ2n) is 9.53. The first-order valence-electron chi connectivity index (χ1n) is 11.5. The van der Waals surface area contributed by atoms with Gasteiger partial charge in [0.1, 0.15) is 11.4 Å². The van der Waals surface area contributed by atoms with E-state index in [2.05, 4.69) is 17.2 Å². The van der Waals surface area contributed by atoms with Crippen molar-refractivity contribution >= 4 is 28.8 Å². The third kappa shape index (κ3) is 4.13. The highest BCUT2D eigenvalue weighted by molar-refractivity contribution is 6.06. The molecule has 33 heavy (non-hydrogen) atoms. The summed E-state index contributed by atoms with van der Waals surface area (Å²) in [6.45, 7) is 3.00. The number of fused-ring (bicyclic) bond motifs is 3. The van der Waals surface area contributed by atoms with Crippen LogP contribution in [0.2, 0.25) is 0 Å². The van der Waals surface area contributed by atoms with Crippen LogP contribution in [0.3, 0.4) is 0 Å². The summed E-state index contributed by atoms with van der Waals surface area (Å²) in [6.07, 6.45) is 7.98. The third-order valence-electron chi connectivity index (χ3n) is 7.04. The number of hydrogen-bond acceptors (Lipinski definition) is 3. The summed E-state index contributed by atoms with van der Waals surface area (Å²) in [5, 5.41) is 3.85. The van der Waals surface area contributed by atoms with Gasteiger partial charge in [-0.3, -0.25) is 9.59 Å². The first-order chi connectivity index (χ1) is 16.0. The van der Waals surface area contributed by atoms with E-state index in [9.17, 15) is 9.59 Å². The average Bonchev–Trinajstić information content (AvgIpc) is 3.34. The minimum absolute atomic E-state index is 0.118. The molecule has 1 saturated carbocycles. The van der Waals surface area contributed by atoms with Crippen LogP contribution in [0, 0.1) is 5.41 Å². The number of methoxy groups -OCH3 is 1. The summed E-state index contributed by atoms with van der Waals surface area (Å²) in [5.41, 5.74) is 2.75. The molecule has 2 aromatic carbocycles. The Bertz CT molecular complexity index is 1230. The van der Waals surface area contributed by atoms with E-state index in [1.165, 1.54) is 0 Å². The fourth-order valence-corrected chi connectivity index (χ4v) is 5.34. The largest absolute Gasteiger partial charge is 0.497 e. The zero-order valence-corrected chi connectivity index (χ0v) is 19.1. The molecule has 2 atom stereocenters. The molecule has 2 amide bonds. The number of aromatic amines is 1. The standard InChI is InChI=1S/C27H29N3O3/c1-27-12-6-9-20(15-27)30(17-27)26(32)24(29-25(31)18-7-4-3-5-8-18)13-19-16-28-23-11-10-21(33-2)14-22(19)23/h3-5,7-8,10-11,13-14,16,20,28H,6,9,12,15,17H2,1-2H3,(H,29,31)/b24-13-/t20-,27+/m1/s1. The van der Waals surface area contributed by atoms with Gasteiger partial charge in [0.25, 0.3) is 11.8 Å². The molecule has 2 heterocycles. The Kier molecular flexibility index (Phi) is 5.44. The van der Waals surface area contributed by atoms with Crippen LogP contribution in [-0.2, 0) is 4.79 Å². The van der Waals surface area contributed by atoms with Gasteiger partial charge < -0.3 is 19.9 Å². The van der Waals surface area contributed by atoms with Crippen molar-refractivity contribution in [2.45, 2.75) is 38.6 Å². The lowest BCUT2D eigenvalue weighted by atomic mass is 9.78. The van der Waals surface area contributed by atoms with E-state index in [4.69, 9.17) is 4.74 Å². The maximum atomic E-state index is 13.8. The Labute approximate surface area is 193 Å². The van der Waals surface area contributed by atoms with Crippen LogP contribution >= 0.6 is 0 Å². The number of hydrogen-bond donors (Lipinski definition) is 2. The topological polar surface area (TPSA) is 74.4 Å². The molecule has 170 valence electrons. The van der Waals surface area contributed by atoms with Gasteiger partial charge in [0.15, 0.2) is 0 Å². The Morgan fingerprint density at radius 1 is 1.21 bits per heavy atom. The zero-order chi connectivity index (χ0) is 23.0. The summed E-state index contributed by atoms with van der Waals surface area (Å²) in [4.78, 5) is 32.0. The van der Waals surface area contributed by atoms with Crippen molar-refractivity contribution in [3.05, 3.63) is 71.6 Å². The second kappa shape index (κ2) is 8.43. The predicted octanol–water partition coefficient (Wildman–Crippen LogP) is 4.74. The molecule has 5 rings (SSSR count). The van der Waals surface area contributed by atoms with E-state index in [1.54, 1.807) is 25.3 Å². The molecule has 0 spiro atoms. The van der Waals surface area contributed by atoms with E-state index in [-0.39, 0.29) is 23.3 Å². The Morgan fingerprint density at radius 3 is 2.79 bits per heavy atom. The van der Waals surface area contributed by atoms with Crippen LogP contribution < -0.4 is 10.1 Å². The van der Waals surface area contributed by atoms with Crippen LogP contribution in [0.15, 0.2) is 60.4 Å². The molecule has 1 aliphatic carbocycles. The van der Waals surface area contributed by atoms with Gasteiger partial charge in [-0.1, -0.05) is 31.5 Å². The molecular formula is C27H29N3O3. The van der Waals surface area contributed by atoms with Gasteiger partial charge in [-0.15, -0.1) is 0 Å². The summed E-state index contributed by atoms with van der Waals surface area (Å²) in [5.74, 6) is 0.326. The van der Waals surface area contributed by atoms with Crippen LogP contribution in [0.5, 0.6) is 5.75 Å². The Morgan fingerprint density at radius 2 is 2.03 bits per heavy atom. The predicted molar refractivity (Wildman–Crippen MR) is 129 cm³/mol. The number of ether oxygens (including phenoxy) is 1. The smallest absolute Gasteiger partial charge is 0.270 e. The Balaban J connectivity index is 1.53. The third-order valence-corrected chi connectivity index (χ3v) is 7.04. The lowest BCUT2D eigenvalue weighted by Gasteiger charge is -2.27. The van der Waals surface area contributed by atoms with E-state index in [0.717, 1.165) is 54.4 Å². The van der Waals surface area contributed by atoms with Gasteiger partial charge in [-0.05, 0) is 61.1 Å². The second-order valence-corrected chi connectivity index (χ2v) is 9.53. The van der Waals surface area contributed by atoms with Crippen molar-refractivity contribution in [3.63, 3.8) is 0 Å². The number of likely N-dealkylation sites (tertiary alicyclic amines) is 1. The molecule has 2 fully saturated rings. The van der Waals surface area contributed by atoms with Gasteiger partial charge in [0.2, 0.25) is 0 Å². The van der Waals surface area contributed by atoms with E-state index in [0.29, 0.717) is 11.3 Å². The molecule has 1 aromatic heterocycles. The fraction of sp³-hybridized carbons (Fsp3) is 0.333. The van der Waals surface area contributed by atoms with Crippen molar-refractivity contribution in [3.8, 4) is 5.75 Å². The number of amides is 2. The summed E-state index contributed by atoms with van der Waals surface area (Å²) >= 11 is 0. The molecular weight excluding hydrogens is 414 g/mol. The van der Waals surface area contributed by atoms with Gasteiger partial charge in [0.05, 0.1) is 7.11 Å². The maximum Gasteiger partial charge on any atom is 0.270 e. The molecule has 1 saturated heterocycles. The fourth-order valence-electron chi connectivity index (χ4n) is 5.34. The number of rotatable bonds is 5. The molecule has 6 nitrogen and oxygen atoms in total. The number of H-pyrrole nitrogens is 1. The highest BCUT2D eigenvalue weighted by Gasteiger charge is 2.45. The highest BCUT2D eigenvalue weighted by Crippen LogP contribution is 2.45. The quantitative estimate of drug-likeness (QED) is 0.560. The minimum atomic E-state index is -0.291. The SMILES string of the molecule is COc1ccc2[nH]cc(/C=C(\NC(=O)c3ccccc3)C(=O)N3C[C@@]4(C)CCC[C@@H]3C4)c2c1. The van der Waals surface area contributed by atoms with Crippen molar-refractivity contribution in [2.24, 2.45) is 5.41 Å². The van der Waals surface area contributed by atoms with Gasteiger partial charge in [-0.25, -0.2) is 0 Å². The number of carbonyl (C=O) groups excluding carboxylic acids is 2. The number of nitrogens with one attached hydrogen (secondary N) is 2. The minimum Gasteiger partial charge on any atom is -0.497 e. The van der Waals surface area contributed by atoms with Crippen molar-refractivity contribution in [2.75, 3.05) is 13.7 Å². The average molecular weight is 444 g/mol. The van der Waals surface area contributed by atoms with E-state index < -0.39 is 0 Å². The normalized spacial score (nSPS) is 22.4. The maximum absolute atomic E-state index is 13.8. The van der Waals surface area contributed by atoms with E-state index in [1.807, 2.05) is 47.5 Å². The molecule has 2 bridgehead atoms. The molecule has 2 aliphatic rings. The van der Waals surface area contributed by atoms with Gasteiger partial charge in [0, 0.05) is 40.8 Å². The number of benzene rings is 2. The molecule has 0 radical (unpaired) electrons. The first-order valence-corrected chi connectivity index (χ1v) is 11.5. The lowest BCUT2D eigenvalue weighted by molar-refractivity contribution is -0.128. The van der Waals surface area contributed by atoms with E-state index >= 15 is 0 Å². The van der Waals surface area contributed by atoms with Crippen LogP contribution in [-0.4, -0.2) is 41.4 Å². The van der Waals surface area contributed by atoms with Crippen LogP contribution in [0.1, 0.15) is 48.5 Å². The molecule has 0 unspecified atom stereocenters. The summed E-state index contributed by atoms with van der Waals surface area (Å²) in [6, 6.07) is 15.0. The van der Waals surface area contributed by atoms with Crippen molar-refractivity contribution < 1.29 is 14.3 Å². The number of aromatic nitrogens is 1. The lowest BCUT2D eigenvalue weighted by Crippen LogP contribution is -2.41. The van der Waals surface area contributed by atoms with Crippen molar-refractivity contribution in [1.29, 1.82) is 0 Å². The molecule has 2 N–H and O–H groups in total. The first kappa shape index (κ1) is 21.3. The van der Waals surface area contributed by atoms with Crippen LogP contribution in [0.4, 0.5) is 0 Å². The highest BCUT2D eigenvalue weighted by atomic mass is 16.5. The zero-order valence-electron chi connectivity index (χ0n) is 19.1. The van der Waals surface area contributed by atoms with Crippen molar-refractivity contribution in [1.82, 2.24) is 15.2 Å². The molecule has 1 aliphatic heterocycles. The number of carbonyl (C=O) groups is 2. The monoisotopic (exact) mass is 443 g/mol.